The molecule has 0 radical (unpaired) electrons. The number of esters is 1. The van der Waals surface area contributed by atoms with E-state index in [1.165, 1.54) is 0 Å². The van der Waals surface area contributed by atoms with Gasteiger partial charge in [-0.1, -0.05) is 18.2 Å². The Morgan fingerprint density at radius 3 is 2.39 bits per heavy atom. The molecule has 2 amide bonds. The van der Waals surface area contributed by atoms with Crippen LogP contribution in [0.15, 0.2) is 30.3 Å². The number of hydrogen-bond acceptors (Lipinski definition) is 4. The van der Waals surface area contributed by atoms with Gasteiger partial charge in [-0.25, -0.2) is 4.79 Å². The summed E-state index contributed by atoms with van der Waals surface area (Å²) in [6, 6.07) is 9.64. The highest BCUT2D eigenvalue weighted by molar-refractivity contribution is 5.93. The van der Waals surface area contributed by atoms with Crippen LogP contribution in [0.25, 0.3) is 5.69 Å². The number of hydrogen-bond donors (Lipinski definition) is 2. The molecular formula is C21H27N3O4. The van der Waals surface area contributed by atoms with Gasteiger partial charge in [-0.05, 0) is 52.3 Å². The summed E-state index contributed by atoms with van der Waals surface area (Å²) in [6.07, 6.45) is 0. The third-order valence-electron chi connectivity index (χ3n) is 4.24. The minimum Gasteiger partial charge on any atom is -0.452 e. The van der Waals surface area contributed by atoms with E-state index in [4.69, 9.17) is 4.74 Å². The Morgan fingerprint density at radius 2 is 1.75 bits per heavy atom. The summed E-state index contributed by atoms with van der Waals surface area (Å²) in [6.45, 7) is 8.82. The Labute approximate surface area is 165 Å². The topological polar surface area (TPSA) is 89.4 Å². The molecule has 2 aromatic rings. The van der Waals surface area contributed by atoms with Gasteiger partial charge in [0.1, 0.15) is 0 Å². The third kappa shape index (κ3) is 5.22. The van der Waals surface area contributed by atoms with Crippen molar-refractivity contribution >= 4 is 17.8 Å². The Balaban J connectivity index is 2.00. The smallest absolute Gasteiger partial charge is 0.340 e. The van der Waals surface area contributed by atoms with Crippen molar-refractivity contribution in [2.24, 2.45) is 0 Å². The minimum atomic E-state index is -0.574. The monoisotopic (exact) mass is 385 g/mol. The molecule has 2 N–H and O–H groups in total. The highest BCUT2D eigenvalue weighted by Crippen LogP contribution is 2.23. The zero-order valence-corrected chi connectivity index (χ0v) is 17.0. The molecule has 0 atom stereocenters. The van der Waals surface area contributed by atoms with Crippen molar-refractivity contribution in [1.29, 1.82) is 0 Å². The van der Waals surface area contributed by atoms with E-state index >= 15 is 0 Å². The first-order valence-electron chi connectivity index (χ1n) is 9.18. The number of carbonyl (C=O) groups is 3. The quantitative estimate of drug-likeness (QED) is 0.715. The predicted octanol–water partition coefficient (Wildman–Crippen LogP) is 2.20. The van der Waals surface area contributed by atoms with Gasteiger partial charge in [-0.2, -0.15) is 0 Å². The second-order valence-electron chi connectivity index (χ2n) is 6.98. The molecule has 0 saturated carbocycles. The van der Waals surface area contributed by atoms with Crippen LogP contribution < -0.4 is 10.6 Å². The van der Waals surface area contributed by atoms with Crippen molar-refractivity contribution in [3.8, 4) is 5.69 Å². The molecule has 0 saturated heterocycles. The van der Waals surface area contributed by atoms with Crippen molar-refractivity contribution in [2.45, 2.75) is 40.7 Å². The number of nitrogens with one attached hydrogen (secondary N) is 2. The Bertz CT molecular complexity index is 884. The lowest BCUT2D eigenvalue weighted by atomic mass is 10.2. The van der Waals surface area contributed by atoms with E-state index in [9.17, 15) is 14.4 Å². The number of rotatable bonds is 7. The van der Waals surface area contributed by atoms with E-state index in [1.54, 1.807) is 6.07 Å². The highest BCUT2D eigenvalue weighted by atomic mass is 16.5. The first-order valence-corrected chi connectivity index (χ1v) is 9.18. The Hall–Kier alpha value is -3.09. The average Bonchev–Trinajstić information content (AvgIpc) is 2.92. The van der Waals surface area contributed by atoms with Crippen LogP contribution in [0, 0.1) is 20.8 Å². The van der Waals surface area contributed by atoms with Crippen LogP contribution in [-0.4, -0.2) is 41.5 Å². The molecule has 0 aliphatic rings. The van der Waals surface area contributed by atoms with Crippen molar-refractivity contribution in [3.63, 3.8) is 0 Å². The van der Waals surface area contributed by atoms with E-state index < -0.39 is 18.5 Å². The van der Waals surface area contributed by atoms with Gasteiger partial charge in [-0.15, -0.1) is 0 Å². The molecule has 150 valence electrons. The lowest BCUT2D eigenvalue weighted by Crippen LogP contribution is -2.41. The summed E-state index contributed by atoms with van der Waals surface area (Å²) in [5.41, 5.74) is 4.13. The van der Waals surface area contributed by atoms with Gasteiger partial charge in [0.05, 0.1) is 12.1 Å². The van der Waals surface area contributed by atoms with Gasteiger partial charge >= 0.3 is 5.97 Å². The number of nitrogens with zero attached hydrogens (tertiary/aromatic N) is 1. The summed E-state index contributed by atoms with van der Waals surface area (Å²) in [7, 11) is 0. The third-order valence-corrected chi connectivity index (χ3v) is 4.24. The van der Waals surface area contributed by atoms with E-state index in [1.807, 2.05) is 63.5 Å². The number of carbonyl (C=O) groups excluding carboxylic acids is 3. The summed E-state index contributed by atoms with van der Waals surface area (Å²) >= 11 is 0. The van der Waals surface area contributed by atoms with Gasteiger partial charge in [0.25, 0.3) is 5.91 Å². The molecule has 0 aliphatic carbocycles. The molecule has 0 unspecified atom stereocenters. The van der Waals surface area contributed by atoms with Gasteiger partial charge in [0.2, 0.25) is 5.91 Å². The van der Waals surface area contributed by atoms with Crippen LogP contribution in [0.1, 0.15) is 41.2 Å². The zero-order valence-electron chi connectivity index (χ0n) is 17.0. The fraction of sp³-hybridized carbons (Fsp3) is 0.381. The lowest BCUT2D eigenvalue weighted by Gasteiger charge is -2.12. The van der Waals surface area contributed by atoms with Gasteiger partial charge in [0.15, 0.2) is 6.61 Å². The molecule has 0 aliphatic heterocycles. The lowest BCUT2D eigenvalue weighted by molar-refractivity contribution is -0.128. The van der Waals surface area contributed by atoms with Crippen LogP contribution in [0.2, 0.25) is 0 Å². The molecular weight excluding hydrogens is 358 g/mol. The van der Waals surface area contributed by atoms with Crippen LogP contribution in [0.5, 0.6) is 0 Å². The maximum Gasteiger partial charge on any atom is 0.340 e. The number of para-hydroxylation sites is 1. The number of amides is 2. The molecule has 0 spiro atoms. The summed E-state index contributed by atoms with van der Waals surface area (Å²) in [5.74, 6) is -1.40. The standard InChI is InChI=1S/C21H27N3O4/c1-13(2)23-19(25)11-22-20(26)12-28-21(27)17-10-15(4)24(16(17)5)18-9-7-6-8-14(18)3/h6-10,13H,11-12H2,1-5H3,(H,22,26)(H,23,25). The van der Waals surface area contributed by atoms with Crippen molar-refractivity contribution in [3.05, 3.63) is 52.8 Å². The molecule has 2 rings (SSSR count). The van der Waals surface area contributed by atoms with Gasteiger partial charge < -0.3 is 19.9 Å². The fourth-order valence-electron chi connectivity index (χ4n) is 2.97. The Morgan fingerprint density at radius 1 is 1.07 bits per heavy atom. The number of aryl methyl sites for hydroxylation is 2. The van der Waals surface area contributed by atoms with E-state index in [0.29, 0.717) is 5.56 Å². The van der Waals surface area contributed by atoms with Crippen LogP contribution in [-0.2, 0) is 14.3 Å². The molecule has 0 bridgehead atoms. The molecule has 0 fully saturated rings. The summed E-state index contributed by atoms with van der Waals surface area (Å²) in [4.78, 5) is 35.8. The maximum atomic E-state index is 12.4. The van der Waals surface area contributed by atoms with Crippen molar-refractivity contribution in [2.75, 3.05) is 13.2 Å². The average molecular weight is 385 g/mol. The second kappa shape index (κ2) is 9.21. The summed E-state index contributed by atoms with van der Waals surface area (Å²) in [5, 5.41) is 5.09. The second-order valence-corrected chi connectivity index (χ2v) is 6.98. The number of benzene rings is 1. The largest absolute Gasteiger partial charge is 0.452 e. The van der Waals surface area contributed by atoms with Crippen molar-refractivity contribution < 1.29 is 19.1 Å². The SMILES string of the molecule is Cc1ccccc1-n1c(C)cc(C(=O)OCC(=O)NCC(=O)NC(C)C)c1C. The zero-order chi connectivity index (χ0) is 20.8. The predicted molar refractivity (Wildman–Crippen MR) is 107 cm³/mol. The van der Waals surface area contributed by atoms with Crippen LogP contribution in [0.3, 0.4) is 0 Å². The molecule has 1 heterocycles. The van der Waals surface area contributed by atoms with E-state index in [-0.39, 0.29) is 18.5 Å². The van der Waals surface area contributed by atoms with E-state index in [0.717, 1.165) is 22.6 Å². The highest BCUT2D eigenvalue weighted by Gasteiger charge is 2.19. The molecule has 1 aromatic heterocycles. The normalized spacial score (nSPS) is 10.6. The fourth-order valence-corrected chi connectivity index (χ4v) is 2.97. The minimum absolute atomic E-state index is 0.00858. The number of ether oxygens (including phenoxy) is 1. The van der Waals surface area contributed by atoms with Crippen molar-refractivity contribution in [1.82, 2.24) is 15.2 Å². The Kier molecular flexibility index (Phi) is 6.98. The van der Waals surface area contributed by atoms with Crippen LogP contribution in [0.4, 0.5) is 0 Å². The maximum absolute atomic E-state index is 12.4. The van der Waals surface area contributed by atoms with Gasteiger partial charge in [-0.3, -0.25) is 9.59 Å². The first-order chi connectivity index (χ1) is 13.2. The van der Waals surface area contributed by atoms with E-state index in [2.05, 4.69) is 10.6 Å². The molecule has 7 nitrogen and oxygen atoms in total. The molecule has 1 aromatic carbocycles. The summed E-state index contributed by atoms with van der Waals surface area (Å²) < 4.78 is 7.11. The molecule has 28 heavy (non-hydrogen) atoms. The molecule has 7 heteroatoms. The van der Waals surface area contributed by atoms with Gasteiger partial charge in [0, 0.05) is 23.1 Å². The first kappa shape index (κ1) is 21.2. The number of aromatic nitrogens is 1. The van der Waals surface area contributed by atoms with Crippen LogP contribution >= 0.6 is 0 Å².